The highest BCUT2D eigenvalue weighted by Crippen LogP contribution is 2.14. The zero-order valence-electron chi connectivity index (χ0n) is 8.22. The van der Waals surface area contributed by atoms with Gasteiger partial charge in [0, 0.05) is 31.7 Å². The van der Waals surface area contributed by atoms with Crippen LogP contribution < -0.4 is 0 Å². The van der Waals surface area contributed by atoms with Gasteiger partial charge in [-0.05, 0) is 27.8 Å². The molecule has 2 nitrogen and oxygen atoms in total. The van der Waals surface area contributed by atoms with Crippen LogP contribution in [0.2, 0.25) is 0 Å². The largest absolute Gasteiger partial charge is 0.304 e. The summed E-state index contributed by atoms with van der Waals surface area (Å²) < 4.78 is 0. The van der Waals surface area contributed by atoms with Gasteiger partial charge >= 0.3 is 0 Å². The summed E-state index contributed by atoms with van der Waals surface area (Å²) >= 11 is 0. The highest BCUT2D eigenvalue weighted by molar-refractivity contribution is 4.80. The second kappa shape index (κ2) is 4.24. The lowest BCUT2D eigenvalue weighted by Crippen LogP contribution is -2.52. The zero-order chi connectivity index (χ0) is 8.48. The minimum atomic E-state index is 0. The van der Waals surface area contributed by atoms with Gasteiger partial charge in [0.1, 0.15) is 0 Å². The van der Waals surface area contributed by atoms with Crippen molar-refractivity contribution in [3.63, 3.8) is 0 Å². The first-order valence-corrected chi connectivity index (χ1v) is 4.44. The van der Waals surface area contributed by atoms with Gasteiger partial charge in [0.25, 0.3) is 0 Å². The molecule has 1 aliphatic rings. The van der Waals surface area contributed by atoms with Crippen molar-refractivity contribution in [2.75, 3.05) is 33.2 Å². The fourth-order valence-electron chi connectivity index (χ4n) is 1.48. The summed E-state index contributed by atoms with van der Waals surface area (Å²) in [7, 11) is 2.19. The van der Waals surface area contributed by atoms with Crippen molar-refractivity contribution < 1.29 is 0 Å². The predicted octanol–water partition coefficient (Wildman–Crippen LogP) is 1.67. The zero-order valence-corrected chi connectivity index (χ0v) is 8.22. The maximum Gasteiger partial charge on any atom is 0.0126 e. The maximum atomic E-state index is 2.55. The van der Waals surface area contributed by atoms with E-state index in [9.17, 15) is 0 Å². The molecule has 1 aliphatic heterocycles. The lowest BCUT2D eigenvalue weighted by atomic mass is 10.1. The van der Waals surface area contributed by atoms with Crippen molar-refractivity contribution in [2.45, 2.75) is 33.7 Å². The Labute approximate surface area is 77.5 Å². The highest BCUT2D eigenvalue weighted by Gasteiger charge is 2.23. The molecule has 0 amide bonds. The molecule has 0 aromatic heterocycles. The Balaban J connectivity index is 0.00000121. The first-order chi connectivity index (χ1) is 5.00. The molecule has 0 radical (unpaired) electrons. The van der Waals surface area contributed by atoms with Crippen LogP contribution in [-0.2, 0) is 0 Å². The monoisotopic (exact) mass is 172 g/mol. The lowest BCUT2D eigenvalue weighted by Gasteiger charge is -2.41. The SMILES string of the molecule is C.CN1CCN(C(C)(C)C)CC1. The molecule has 0 atom stereocenters. The molecule has 0 aromatic carbocycles. The Morgan fingerprint density at radius 1 is 0.917 bits per heavy atom. The molecule has 0 aromatic rings. The molecular formula is C10H24N2. The van der Waals surface area contributed by atoms with Crippen LogP contribution in [0.5, 0.6) is 0 Å². The molecule has 1 rings (SSSR count). The normalized spacial score (nSPS) is 22.0. The van der Waals surface area contributed by atoms with E-state index in [2.05, 4.69) is 37.6 Å². The van der Waals surface area contributed by atoms with Crippen molar-refractivity contribution in [3.05, 3.63) is 0 Å². The van der Waals surface area contributed by atoms with E-state index in [1.54, 1.807) is 0 Å². The van der Waals surface area contributed by atoms with Gasteiger partial charge in [-0.2, -0.15) is 0 Å². The van der Waals surface area contributed by atoms with Gasteiger partial charge < -0.3 is 4.90 Å². The Morgan fingerprint density at radius 3 is 1.67 bits per heavy atom. The van der Waals surface area contributed by atoms with E-state index in [0.717, 1.165) is 0 Å². The van der Waals surface area contributed by atoms with Crippen LogP contribution in [0.3, 0.4) is 0 Å². The Morgan fingerprint density at radius 2 is 1.33 bits per heavy atom. The second-order valence-electron chi connectivity index (χ2n) is 4.46. The lowest BCUT2D eigenvalue weighted by molar-refractivity contribution is 0.0736. The van der Waals surface area contributed by atoms with E-state index < -0.39 is 0 Å². The topological polar surface area (TPSA) is 6.48 Å². The summed E-state index contributed by atoms with van der Waals surface area (Å²) in [5.41, 5.74) is 0.362. The van der Waals surface area contributed by atoms with Crippen LogP contribution in [0.15, 0.2) is 0 Å². The predicted molar refractivity (Wildman–Crippen MR) is 55.6 cm³/mol. The van der Waals surface area contributed by atoms with Crippen LogP contribution in [0.25, 0.3) is 0 Å². The fourth-order valence-corrected chi connectivity index (χ4v) is 1.48. The van der Waals surface area contributed by atoms with Crippen molar-refractivity contribution in [1.29, 1.82) is 0 Å². The number of rotatable bonds is 0. The van der Waals surface area contributed by atoms with Gasteiger partial charge in [0.05, 0.1) is 0 Å². The van der Waals surface area contributed by atoms with Gasteiger partial charge in [0.2, 0.25) is 0 Å². The molecule has 0 unspecified atom stereocenters. The molecule has 1 fully saturated rings. The van der Waals surface area contributed by atoms with Crippen LogP contribution in [0, 0.1) is 0 Å². The second-order valence-corrected chi connectivity index (χ2v) is 4.46. The quantitative estimate of drug-likeness (QED) is 0.548. The van der Waals surface area contributed by atoms with E-state index in [1.165, 1.54) is 26.2 Å². The molecule has 0 spiro atoms. The number of nitrogens with zero attached hydrogens (tertiary/aromatic N) is 2. The van der Waals surface area contributed by atoms with E-state index in [0.29, 0.717) is 5.54 Å². The molecule has 0 N–H and O–H groups in total. The molecule has 74 valence electrons. The molecule has 2 heteroatoms. The Hall–Kier alpha value is -0.0800. The smallest absolute Gasteiger partial charge is 0.0126 e. The summed E-state index contributed by atoms with van der Waals surface area (Å²) in [5.74, 6) is 0. The first kappa shape index (κ1) is 11.9. The van der Waals surface area contributed by atoms with E-state index in [1.807, 2.05) is 0 Å². The fraction of sp³-hybridized carbons (Fsp3) is 1.00. The molecule has 1 saturated heterocycles. The highest BCUT2D eigenvalue weighted by atomic mass is 15.3. The number of piperazine rings is 1. The minimum absolute atomic E-state index is 0. The molecule has 0 saturated carbocycles. The molecule has 0 aliphatic carbocycles. The number of hydrogen-bond acceptors (Lipinski definition) is 2. The van der Waals surface area contributed by atoms with Crippen LogP contribution >= 0.6 is 0 Å². The van der Waals surface area contributed by atoms with Crippen LogP contribution in [0.1, 0.15) is 28.2 Å². The molecule has 12 heavy (non-hydrogen) atoms. The number of hydrogen-bond donors (Lipinski definition) is 0. The van der Waals surface area contributed by atoms with Gasteiger partial charge in [0.15, 0.2) is 0 Å². The van der Waals surface area contributed by atoms with Gasteiger partial charge in [-0.1, -0.05) is 7.43 Å². The van der Waals surface area contributed by atoms with Crippen molar-refractivity contribution in [2.24, 2.45) is 0 Å². The third-order valence-corrected chi connectivity index (χ3v) is 2.45. The summed E-state index contributed by atoms with van der Waals surface area (Å²) in [6.45, 7) is 11.8. The summed E-state index contributed by atoms with van der Waals surface area (Å²) in [6.07, 6.45) is 0. The standard InChI is InChI=1S/C9H20N2.CH4/c1-9(2,3)11-7-5-10(4)6-8-11;/h5-8H2,1-4H3;1H4. The van der Waals surface area contributed by atoms with Gasteiger partial charge in [-0.15, -0.1) is 0 Å². The number of likely N-dealkylation sites (N-methyl/N-ethyl adjacent to an activating group) is 1. The van der Waals surface area contributed by atoms with Gasteiger partial charge in [-0.25, -0.2) is 0 Å². The summed E-state index contributed by atoms with van der Waals surface area (Å²) in [4.78, 5) is 4.94. The molecular weight excluding hydrogens is 148 g/mol. The summed E-state index contributed by atoms with van der Waals surface area (Å²) in [5, 5.41) is 0. The van der Waals surface area contributed by atoms with Crippen LogP contribution in [-0.4, -0.2) is 48.6 Å². The average molecular weight is 172 g/mol. The Bertz CT molecular complexity index is 118. The van der Waals surface area contributed by atoms with E-state index in [4.69, 9.17) is 0 Å². The third kappa shape index (κ3) is 3.11. The first-order valence-electron chi connectivity index (χ1n) is 4.44. The van der Waals surface area contributed by atoms with Crippen LogP contribution in [0.4, 0.5) is 0 Å². The Kier molecular flexibility index (Phi) is 4.21. The van der Waals surface area contributed by atoms with Crippen molar-refractivity contribution >= 4 is 0 Å². The van der Waals surface area contributed by atoms with Crippen molar-refractivity contribution in [3.8, 4) is 0 Å². The van der Waals surface area contributed by atoms with Gasteiger partial charge in [-0.3, -0.25) is 4.90 Å². The minimum Gasteiger partial charge on any atom is -0.304 e. The summed E-state index contributed by atoms with van der Waals surface area (Å²) in [6, 6.07) is 0. The average Bonchev–Trinajstić information content (AvgIpc) is 1.86. The molecule has 0 bridgehead atoms. The molecule has 1 heterocycles. The third-order valence-electron chi connectivity index (χ3n) is 2.45. The van der Waals surface area contributed by atoms with Crippen molar-refractivity contribution in [1.82, 2.24) is 9.80 Å². The maximum absolute atomic E-state index is 2.55. The van der Waals surface area contributed by atoms with E-state index >= 15 is 0 Å². The van der Waals surface area contributed by atoms with E-state index in [-0.39, 0.29) is 7.43 Å².